The number of hydrogen-bond acceptors (Lipinski definition) is 6. The Bertz CT molecular complexity index is 940. The van der Waals surface area contributed by atoms with Gasteiger partial charge < -0.3 is 24.8 Å². The lowest BCUT2D eigenvalue weighted by atomic mass is 9.82. The van der Waals surface area contributed by atoms with E-state index in [1.807, 2.05) is 62.3 Å². The van der Waals surface area contributed by atoms with Gasteiger partial charge in [0, 0.05) is 41.4 Å². The molecule has 148 valence electrons. The summed E-state index contributed by atoms with van der Waals surface area (Å²) in [4.78, 5) is 14.6. The van der Waals surface area contributed by atoms with Gasteiger partial charge in [-0.05, 0) is 31.2 Å². The monoisotopic (exact) mass is 446 g/mol. The summed E-state index contributed by atoms with van der Waals surface area (Å²) < 4.78 is 17.5. The van der Waals surface area contributed by atoms with Crippen LogP contribution in [0, 0.1) is 0 Å². The quantitative estimate of drug-likeness (QED) is 0.704. The van der Waals surface area contributed by atoms with Crippen LogP contribution in [0.15, 0.2) is 52.3 Å². The molecule has 0 fully saturated rings. The zero-order valence-corrected chi connectivity index (χ0v) is 17.9. The number of rotatable bonds is 5. The summed E-state index contributed by atoms with van der Waals surface area (Å²) in [5, 5.41) is 0. The van der Waals surface area contributed by atoms with Crippen LogP contribution in [-0.2, 0) is 9.53 Å². The van der Waals surface area contributed by atoms with Crippen LogP contribution in [0.5, 0.6) is 11.5 Å². The third kappa shape index (κ3) is 3.67. The highest BCUT2D eigenvalue weighted by molar-refractivity contribution is 9.10. The first kappa shape index (κ1) is 20.1. The Kier molecular flexibility index (Phi) is 5.84. The lowest BCUT2D eigenvalue weighted by Gasteiger charge is -2.30. The zero-order chi connectivity index (χ0) is 20.4. The normalized spacial score (nSPS) is 15.5. The summed E-state index contributed by atoms with van der Waals surface area (Å²) in [6.07, 6.45) is 0. The van der Waals surface area contributed by atoms with Crippen molar-refractivity contribution in [2.75, 3.05) is 32.7 Å². The predicted molar refractivity (Wildman–Crippen MR) is 112 cm³/mol. The summed E-state index contributed by atoms with van der Waals surface area (Å²) in [5.74, 6) is 0.291. The van der Waals surface area contributed by atoms with E-state index in [2.05, 4.69) is 15.9 Å². The first-order chi connectivity index (χ1) is 13.4. The summed E-state index contributed by atoms with van der Waals surface area (Å²) in [6, 6.07) is 11.5. The van der Waals surface area contributed by atoms with Crippen molar-refractivity contribution in [3.05, 3.63) is 63.5 Å². The lowest BCUT2D eigenvalue weighted by Crippen LogP contribution is -2.27. The third-order valence-corrected chi connectivity index (χ3v) is 5.08. The average molecular weight is 447 g/mol. The van der Waals surface area contributed by atoms with Crippen molar-refractivity contribution in [2.45, 2.75) is 12.8 Å². The second-order valence-corrected chi connectivity index (χ2v) is 7.45. The van der Waals surface area contributed by atoms with Crippen LogP contribution >= 0.6 is 15.9 Å². The Balaban J connectivity index is 2.27. The minimum Gasteiger partial charge on any atom is -0.494 e. The van der Waals surface area contributed by atoms with E-state index in [1.54, 1.807) is 0 Å². The minimum atomic E-state index is -0.535. The molecule has 1 aliphatic heterocycles. The Morgan fingerprint density at radius 3 is 2.61 bits per heavy atom. The molecular formula is C21H23BrN2O4. The summed E-state index contributed by atoms with van der Waals surface area (Å²) >= 11 is 3.52. The van der Waals surface area contributed by atoms with E-state index in [4.69, 9.17) is 19.9 Å². The SMILES string of the molecule is CCOc1ccc(Br)cc1[C@@H]1C(C(=O)OC)=C(N)Oc2cc(N(C)C)ccc21. The number of carbonyl (C=O) groups excluding carboxylic acids is 1. The molecule has 0 amide bonds. The highest BCUT2D eigenvalue weighted by Crippen LogP contribution is 2.47. The molecule has 0 bridgehead atoms. The van der Waals surface area contributed by atoms with E-state index in [-0.39, 0.29) is 11.5 Å². The van der Waals surface area contributed by atoms with E-state index < -0.39 is 11.9 Å². The van der Waals surface area contributed by atoms with Gasteiger partial charge in [0.15, 0.2) is 0 Å². The molecule has 2 N–H and O–H groups in total. The number of nitrogens with two attached hydrogens (primary N) is 1. The number of methoxy groups -OCH3 is 1. The summed E-state index contributed by atoms with van der Waals surface area (Å²) in [6.45, 7) is 2.41. The fraction of sp³-hybridized carbons (Fsp3) is 0.286. The molecule has 28 heavy (non-hydrogen) atoms. The number of esters is 1. The van der Waals surface area contributed by atoms with Crippen LogP contribution in [0.4, 0.5) is 5.69 Å². The zero-order valence-electron chi connectivity index (χ0n) is 16.3. The van der Waals surface area contributed by atoms with Crippen molar-refractivity contribution in [1.29, 1.82) is 0 Å². The molecule has 7 heteroatoms. The second kappa shape index (κ2) is 8.14. The number of carbonyl (C=O) groups is 1. The van der Waals surface area contributed by atoms with Crippen molar-refractivity contribution >= 4 is 27.6 Å². The number of halogens is 1. The molecule has 0 saturated carbocycles. The first-order valence-corrected chi connectivity index (χ1v) is 9.66. The van der Waals surface area contributed by atoms with Gasteiger partial charge in [-0.15, -0.1) is 0 Å². The van der Waals surface area contributed by atoms with E-state index >= 15 is 0 Å². The standard InChI is InChI=1S/C21H23BrN2O4/c1-5-27-16-9-6-12(22)10-15(16)18-14-8-7-13(24(2)3)11-17(14)28-20(23)19(18)21(25)26-4/h6-11,18H,5,23H2,1-4H3/t18-/m1/s1. The van der Waals surface area contributed by atoms with Crippen molar-refractivity contribution in [3.63, 3.8) is 0 Å². The second-order valence-electron chi connectivity index (χ2n) is 6.54. The van der Waals surface area contributed by atoms with Gasteiger partial charge in [-0.25, -0.2) is 4.79 Å². The van der Waals surface area contributed by atoms with Gasteiger partial charge in [-0.3, -0.25) is 0 Å². The van der Waals surface area contributed by atoms with E-state index in [0.717, 1.165) is 21.3 Å². The molecule has 6 nitrogen and oxygen atoms in total. The number of ether oxygens (including phenoxy) is 3. The first-order valence-electron chi connectivity index (χ1n) is 8.86. The van der Waals surface area contributed by atoms with Gasteiger partial charge in [0.25, 0.3) is 0 Å². The smallest absolute Gasteiger partial charge is 0.340 e. The van der Waals surface area contributed by atoms with Crippen LogP contribution in [0.2, 0.25) is 0 Å². The Morgan fingerprint density at radius 2 is 1.96 bits per heavy atom. The lowest BCUT2D eigenvalue weighted by molar-refractivity contribution is -0.136. The predicted octanol–water partition coefficient (Wildman–Crippen LogP) is 3.78. The molecule has 0 saturated heterocycles. The minimum absolute atomic E-state index is 0.0303. The third-order valence-electron chi connectivity index (χ3n) is 4.59. The number of anilines is 1. The number of hydrogen-bond donors (Lipinski definition) is 1. The largest absolute Gasteiger partial charge is 0.494 e. The van der Waals surface area contributed by atoms with Gasteiger partial charge in [-0.2, -0.15) is 0 Å². The summed E-state index contributed by atoms with van der Waals surface area (Å²) in [5.41, 5.74) is 9.02. The van der Waals surface area contributed by atoms with Crippen LogP contribution < -0.4 is 20.1 Å². The Labute approximate surface area is 173 Å². The van der Waals surface area contributed by atoms with Gasteiger partial charge in [0.05, 0.1) is 19.6 Å². The molecule has 3 rings (SSSR count). The number of fused-ring (bicyclic) bond motifs is 1. The maximum atomic E-state index is 12.6. The number of nitrogens with zero attached hydrogens (tertiary/aromatic N) is 1. The highest BCUT2D eigenvalue weighted by Gasteiger charge is 2.37. The van der Waals surface area contributed by atoms with Gasteiger partial charge >= 0.3 is 5.97 Å². The van der Waals surface area contributed by atoms with Gasteiger partial charge in [0.1, 0.15) is 17.1 Å². The van der Waals surface area contributed by atoms with Crippen molar-refractivity contribution in [1.82, 2.24) is 0 Å². The fourth-order valence-corrected chi connectivity index (χ4v) is 3.66. The molecular weight excluding hydrogens is 424 g/mol. The Hall–Kier alpha value is -2.67. The van der Waals surface area contributed by atoms with Crippen LogP contribution in [0.3, 0.4) is 0 Å². The molecule has 1 aliphatic rings. The van der Waals surface area contributed by atoms with E-state index in [9.17, 15) is 4.79 Å². The van der Waals surface area contributed by atoms with E-state index in [1.165, 1.54) is 7.11 Å². The summed E-state index contributed by atoms with van der Waals surface area (Å²) in [7, 11) is 5.22. The van der Waals surface area contributed by atoms with Crippen LogP contribution in [0.25, 0.3) is 0 Å². The maximum absolute atomic E-state index is 12.6. The molecule has 0 radical (unpaired) electrons. The van der Waals surface area contributed by atoms with Crippen molar-refractivity contribution < 1.29 is 19.0 Å². The van der Waals surface area contributed by atoms with Crippen molar-refractivity contribution in [3.8, 4) is 11.5 Å². The van der Waals surface area contributed by atoms with Crippen molar-refractivity contribution in [2.24, 2.45) is 5.73 Å². The molecule has 0 unspecified atom stereocenters. The fourth-order valence-electron chi connectivity index (χ4n) is 3.28. The van der Waals surface area contributed by atoms with Crippen LogP contribution in [-0.4, -0.2) is 33.8 Å². The molecule has 2 aromatic rings. The van der Waals surface area contributed by atoms with E-state index in [0.29, 0.717) is 18.1 Å². The molecule has 2 aromatic carbocycles. The van der Waals surface area contributed by atoms with Gasteiger partial charge in [-0.1, -0.05) is 22.0 Å². The molecule has 0 spiro atoms. The maximum Gasteiger partial charge on any atom is 0.340 e. The molecule has 0 aromatic heterocycles. The molecule has 1 atom stereocenters. The highest BCUT2D eigenvalue weighted by atomic mass is 79.9. The van der Waals surface area contributed by atoms with Crippen LogP contribution in [0.1, 0.15) is 24.0 Å². The topological polar surface area (TPSA) is 74.0 Å². The van der Waals surface area contributed by atoms with Gasteiger partial charge in [0.2, 0.25) is 5.88 Å². The number of benzene rings is 2. The Morgan fingerprint density at radius 1 is 1.21 bits per heavy atom. The molecule has 1 heterocycles. The average Bonchev–Trinajstić information content (AvgIpc) is 2.67. The molecule has 0 aliphatic carbocycles.